The molecule has 1 fully saturated rings. The molecule has 0 aromatic heterocycles. The first-order valence-corrected chi connectivity index (χ1v) is 5.67. The van der Waals surface area contributed by atoms with E-state index in [9.17, 15) is 4.79 Å². The number of likely N-dealkylation sites (tertiary alicyclic amines) is 1. The lowest BCUT2D eigenvalue weighted by Crippen LogP contribution is -2.33. The molecule has 0 spiro atoms. The van der Waals surface area contributed by atoms with E-state index in [2.05, 4.69) is 11.9 Å². The van der Waals surface area contributed by atoms with E-state index in [1.165, 1.54) is 25.9 Å². The molecule has 0 amide bonds. The molecule has 15 heavy (non-hydrogen) atoms. The van der Waals surface area contributed by atoms with Crippen LogP contribution in [0.2, 0.25) is 0 Å². The van der Waals surface area contributed by atoms with E-state index >= 15 is 0 Å². The second-order valence-corrected chi connectivity index (χ2v) is 4.67. The molecule has 1 aliphatic heterocycles. The number of rotatable bonds is 5. The van der Waals surface area contributed by atoms with E-state index in [-0.39, 0.29) is 6.54 Å². The highest BCUT2D eigenvalue weighted by atomic mass is 16.4. The van der Waals surface area contributed by atoms with Crippen molar-refractivity contribution < 1.29 is 9.90 Å². The van der Waals surface area contributed by atoms with Crippen LogP contribution in [0.15, 0.2) is 0 Å². The average molecular weight is 214 g/mol. The van der Waals surface area contributed by atoms with Gasteiger partial charge in [0.1, 0.15) is 0 Å². The molecule has 1 aliphatic rings. The van der Waals surface area contributed by atoms with Gasteiger partial charge >= 0.3 is 5.97 Å². The summed E-state index contributed by atoms with van der Waals surface area (Å²) in [7, 11) is 4.04. The summed E-state index contributed by atoms with van der Waals surface area (Å²) in [5.41, 5.74) is 0. The van der Waals surface area contributed by atoms with Gasteiger partial charge in [0.05, 0.1) is 6.54 Å². The van der Waals surface area contributed by atoms with Crippen LogP contribution in [-0.4, -0.2) is 61.2 Å². The van der Waals surface area contributed by atoms with Gasteiger partial charge in [-0.1, -0.05) is 0 Å². The SMILES string of the molecule is CN1CCC(CCN(C)CC(=O)O)CC1. The van der Waals surface area contributed by atoms with E-state index in [0.29, 0.717) is 0 Å². The van der Waals surface area contributed by atoms with Crippen molar-refractivity contribution in [3.05, 3.63) is 0 Å². The van der Waals surface area contributed by atoms with Crippen LogP contribution in [0.5, 0.6) is 0 Å². The van der Waals surface area contributed by atoms with Crippen LogP contribution in [0, 0.1) is 5.92 Å². The molecule has 0 aromatic rings. The lowest BCUT2D eigenvalue weighted by atomic mass is 9.94. The molecule has 0 saturated carbocycles. The number of nitrogens with zero attached hydrogens (tertiary/aromatic N) is 2. The fraction of sp³-hybridized carbons (Fsp3) is 0.909. The van der Waals surface area contributed by atoms with Gasteiger partial charge < -0.3 is 10.0 Å². The summed E-state index contributed by atoms with van der Waals surface area (Å²) in [6.07, 6.45) is 3.66. The molecule has 0 radical (unpaired) electrons. The van der Waals surface area contributed by atoms with Crippen molar-refractivity contribution in [2.24, 2.45) is 5.92 Å². The van der Waals surface area contributed by atoms with Gasteiger partial charge in [0.2, 0.25) is 0 Å². The third kappa shape index (κ3) is 5.14. The molecule has 0 unspecified atom stereocenters. The minimum Gasteiger partial charge on any atom is -0.480 e. The molecule has 0 atom stereocenters. The third-order valence-corrected chi connectivity index (χ3v) is 3.16. The summed E-state index contributed by atoms with van der Waals surface area (Å²) in [5.74, 6) is 0.0540. The molecule has 0 aliphatic carbocycles. The Kier molecular flexibility index (Phi) is 5.05. The summed E-state index contributed by atoms with van der Waals surface area (Å²) >= 11 is 0. The minimum atomic E-state index is -0.735. The van der Waals surface area contributed by atoms with Crippen molar-refractivity contribution in [3.8, 4) is 0 Å². The molecule has 4 nitrogen and oxygen atoms in total. The fourth-order valence-electron chi connectivity index (χ4n) is 2.06. The van der Waals surface area contributed by atoms with E-state index in [1.807, 2.05) is 11.9 Å². The van der Waals surface area contributed by atoms with Crippen molar-refractivity contribution in [2.45, 2.75) is 19.3 Å². The second-order valence-electron chi connectivity index (χ2n) is 4.67. The number of aliphatic carboxylic acids is 1. The van der Waals surface area contributed by atoms with E-state index in [1.54, 1.807) is 0 Å². The molecule has 0 bridgehead atoms. The smallest absolute Gasteiger partial charge is 0.317 e. The van der Waals surface area contributed by atoms with Gasteiger partial charge in [-0.05, 0) is 58.9 Å². The Hall–Kier alpha value is -0.610. The maximum atomic E-state index is 10.5. The highest BCUT2D eigenvalue weighted by Gasteiger charge is 2.17. The Balaban J connectivity index is 2.11. The molecule has 1 rings (SSSR count). The van der Waals surface area contributed by atoms with Gasteiger partial charge in [-0.3, -0.25) is 9.69 Å². The Labute approximate surface area is 91.9 Å². The molecular weight excluding hydrogens is 192 g/mol. The standard InChI is InChI=1S/C11H22N2O2/c1-12-6-3-10(4-7-12)5-8-13(2)9-11(14)15/h10H,3-9H2,1-2H3,(H,14,15). The lowest BCUT2D eigenvalue weighted by Gasteiger charge is -2.29. The Bertz CT molecular complexity index is 201. The zero-order valence-corrected chi connectivity index (χ0v) is 9.78. The van der Waals surface area contributed by atoms with Crippen molar-refractivity contribution in [1.82, 2.24) is 9.80 Å². The van der Waals surface area contributed by atoms with Crippen molar-refractivity contribution in [1.29, 1.82) is 0 Å². The first-order chi connectivity index (χ1) is 7.08. The summed E-state index contributed by atoms with van der Waals surface area (Å²) in [6.45, 7) is 3.44. The van der Waals surface area contributed by atoms with Crippen molar-refractivity contribution >= 4 is 5.97 Å². The van der Waals surface area contributed by atoms with Gasteiger partial charge in [-0.15, -0.1) is 0 Å². The van der Waals surface area contributed by atoms with Crippen LogP contribution in [0.4, 0.5) is 0 Å². The van der Waals surface area contributed by atoms with E-state index in [0.717, 1.165) is 18.9 Å². The first kappa shape index (κ1) is 12.5. The molecule has 1 heterocycles. The van der Waals surface area contributed by atoms with Crippen LogP contribution in [0.3, 0.4) is 0 Å². The largest absolute Gasteiger partial charge is 0.480 e. The molecule has 1 N–H and O–H groups in total. The Morgan fingerprint density at radius 3 is 2.60 bits per heavy atom. The summed E-state index contributed by atoms with van der Waals surface area (Å²) in [4.78, 5) is 14.7. The van der Waals surface area contributed by atoms with Crippen molar-refractivity contribution in [2.75, 3.05) is 40.3 Å². The molecular formula is C11H22N2O2. The maximum Gasteiger partial charge on any atom is 0.317 e. The number of piperidine rings is 1. The number of carboxylic acid groups (broad SMARTS) is 1. The first-order valence-electron chi connectivity index (χ1n) is 5.67. The van der Waals surface area contributed by atoms with Crippen molar-refractivity contribution in [3.63, 3.8) is 0 Å². The Morgan fingerprint density at radius 1 is 1.47 bits per heavy atom. The van der Waals surface area contributed by atoms with Gasteiger partial charge in [-0.2, -0.15) is 0 Å². The normalized spacial score (nSPS) is 19.7. The van der Waals surface area contributed by atoms with Gasteiger partial charge in [0, 0.05) is 0 Å². The maximum absolute atomic E-state index is 10.5. The molecule has 1 saturated heterocycles. The number of carboxylic acids is 1. The number of likely N-dealkylation sites (N-methyl/N-ethyl adjacent to an activating group) is 1. The van der Waals surface area contributed by atoms with E-state index in [4.69, 9.17) is 5.11 Å². The monoisotopic (exact) mass is 214 g/mol. The quantitative estimate of drug-likeness (QED) is 0.733. The molecule has 4 heteroatoms. The lowest BCUT2D eigenvalue weighted by molar-refractivity contribution is -0.138. The minimum absolute atomic E-state index is 0.159. The summed E-state index contributed by atoms with van der Waals surface area (Å²) in [6, 6.07) is 0. The third-order valence-electron chi connectivity index (χ3n) is 3.16. The molecule has 0 aromatic carbocycles. The fourth-order valence-corrected chi connectivity index (χ4v) is 2.06. The van der Waals surface area contributed by atoms with Crippen LogP contribution in [-0.2, 0) is 4.79 Å². The van der Waals surface area contributed by atoms with Crippen LogP contribution in [0.1, 0.15) is 19.3 Å². The molecule has 88 valence electrons. The van der Waals surface area contributed by atoms with Crippen LogP contribution >= 0.6 is 0 Å². The zero-order chi connectivity index (χ0) is 11.3. The van der Waals surface area contributed by atoms with Gasteiger partial charge in [0.15, 0.2) is 0 Å². The second kappa shape index (κ2) is 6.08. The average Bonchev–Trinajstić information content (AvgIpc) is 2.16. The highest BCUT2D eigenvalue weighted by molar-refractivity contribution is 5.68. The predicted molar refractivity (Wildman–Crippen MR) is 60.0 cm³/mol. The Morgan fingerprint density at radius 2 is 2.07 bits per heavy atom. The summed E-state index contributed by atoms with van der Waals surface area (Å²) in [5, 5.41) is 8.61. The highest BCUT2D eigenvalue weighted by Crippen LogP contribution is 2.19. The number of hydrogen-bond acceptors (Lipinski definition) is 3. The number of carbonyl (C=O) groups is 1. The zero-order valence-electron chi connectivity index (χ0n) is 9.78. The van der Waals surface area contributed by atoms with Gasteiger partial charge in [0.25, 0.3) is 0 Å². The number of hydrogen-bond donors (Lipinski definition) is 1. The van der Waals surface area contributed by atoms with Crippen LogP contribution < -0.4 is 0 Å². The van der Waals surface area contributed by atoms with E-state index < -0.39 is 5.97 Å². The van der Waals surface area contributed by atoms with Gasteiger partial charge in [-0.25, -0.2) is 0 Å². The summed E-state index contributed by atoms with van der Waals surface area (Å²) < 4.78 is 0. The predicted octanol–water partition coefficient (Wildman–Crippen LogP) is 0.735. The van der Waals surface area contributed by atoms with Crippen LogP contribution in [0.25, 0.3) is 0 Å². The topological polar surface area (TPSA) is 43.8 Å².